The fraction of sp³-hybridized carbons (Fsp3) is 0.261. The van der Waals surface area contributed by atoms with E-state index in [1.807, 2.05) is 11.4 Å². The van der Waals surface area contributed by atoms with E-state index in [-0.39, 0.29) is 18.4 Å². The van der Waals surface area contributed by atoms with Gasteiger partial charge in [-0.2, -0.15) is 0 Å². The van der Waals surface area contributed by atoms with Crippen LogP contribution in [0.5, 0.6) is 11.5 Å². The first-order valence-electron chi connectivity index (χ1n) is 10.2. The molecule has 3 aromatic rings. The third kappa shape index (κ3) is 5.81. The lowest BCUT2D eigenvalue weighted by Crippen LogP contribution is -2.42. The standard InChI is InChI=1S/C23H22ClN3O5S/c1-30-17-6-7-18(19(24)12-17)20-14-33-23(25-20)26-22(29)15-2-4-16(5-3-15)32-13-21(28)27-8-10-31-11-9-27/h2-7,12,14H,8-11,13H2,1H3,(H,25,26,29). The molecule has 1 N–H and O–H groups in total. The fourth-order valence-electron chi connectivity index (χ4n) is 3.21. The number of aromatic nitrogens is 1. The van der Waals surface area contributed by atoms with Crippen molar-refractivity contribution in [1.82, 2.24) is 9.88 Å². The lowest BCUT2D eigenvalue weighted by molar-refractivity contribution is -0.137. The number of hydrogen-bond acceptors (Lipinski definition) is 7. The summed E-state index contributed by atoms with van der Waals surface area (Å²) in [7, 11) is 1.57. The first kappa shape index (κ1) is 23.0. The van der Waals surface area contributed by atoms with Crippen LogP contribution in [0, 0.1) is 0 Å². The number of methoxy groups -OCH3 is 1. The number of amides is 2. The quantitative estimate of drug-likeness (QED) is 0.542. The van der Waals surface area contributed by atoms with Crippen molar-refractivity contribution in [2.75, 3.05) is 45.3 Å². The topological polar surface area (TPSA) is 90.0 Å². The van der Waals surface area contributed by atoms with Crippen molar-refractivity contribution < 1.29 is 23.8 Å². The highest BCUT2D eigenvalue weighted by molar-refractivity contribution is 7.14. The van der Waals surface area contributed by atoms with E-state index in [9.17, 15) is 9.59 Å². The van der Waals surface area contributed by atoms with Gasteiger partial charge in [-0.1, -0.05) is 11.6 Å². The van der Waals surface area contributed by atoms with Crippen LogP contribution in [0.3, 0.4) is 0 Å². The van der Waals surface area contributed by atoms with E-state index in [2.05, 4.69) is 10.3 Å². The summed E-state index contributed by atoms with van der Waals surface area (Å²) >= 11 is 7.62. The van der Waals surface area contributed by atoms with E-state index in [1.165, 1.54) is 11.3 Å². The second-order valence-corrected chi connectivity index (χ2v) is 8.41. The van der Waals surface area contributed by atoms with Gasteiger partial charge in [-0.3, -0.25) is 14.9 Å². The molecule has 1 aliphatic rings. The second kappa shape index (κ2) is 10.7. The van der Waals surface area contributed by atoms with E-state index in [0.717, 1.165) is 5.56 Å². The lowest BCUT2D eigenvalue weighted by atomic mass is 10.1. The van der Waals surface area contributed by atoms with Crippen LogP contribution >= 0.6 is 22.9 Å². The maximum absolute atomic E-state index is 12.6. The molecule has 2 aromatic carbocycles. The van der Waals surface area contributed by atoms with Crippen molar-refractivity contribution in [2.45, 2.75) is 0 Å². The minimum Gasteiger partial charge on any atom is -0.497 e. The molecule has 0 bridgehead atoms. The van der Waals surface area contributed by atoms with Gasteiger partial charge in [-0.15, -0.1) is 11.3 Å². The number of thiazole rings is 1. The number of nitrogens with zero attached hydrogens (tertiary/aromatic N) is 2. The summed E-state index contributed by atoms with van der Waals surface area (Å²) in [6.07, 6.45) is 0. The molecule has 0 unspecified atom stereocenters. The van der Waals surface area contributed by atoms with Crippen LogP contribution in [-0.2, 0) is 9.53 Å². The average molecular weight is 488 g/mol. The molecule has 172 valence electrons. The summed E-state index contributed by atoms with van der Waals surface area (Å²) in [6.45, 7) is 2.18. The summed E-state index contributed by atoms with van der Waals surface area (Å²) in [5.74, 6) is 0.786. The van der Waals surface area contributed by atoms with Gasteiger partial charge in [0.1, 0.15) is 11.5 Å². The Morgan fingerprint density at radius 1 is 1.15 bits per heavy atom. The minimum absolute atomic E-state index is 0.0542. The third-order valence-corrected chi connectivity index (χ3v) is 6.09. The van der Waals surface area contributed by atoms with Crippen LogP contribution in [0.2, 0.25) is 5.02 Å². The fourth-order valence-corrected chi connectivity index (χ4v) is 4.18. The highest BCUT2D eigenvalue weighted by Gasteiger charge is 2.17. The Morgan fingerprint density at radius 3 is 2.58 bits per heavy atom. The van der Waals surface area contributed by atoms with Gasteiger partial charge in [0.05, 0.1) is 31.0 Å². The van der Waals surface area contributed by atoms with Gasteiger partial charge in [0.25, 0.3) is 11.8 Å². The second-order valence-electron chi connectivity index (χ2n) is 7.14. The lowest BCUT2D eigenvalue weighted by Gasteiger charge is -2.26. The van der Waals surface area contributed by atoms with Crippen LogP contribution in [0.15, 0.2) is 47.8 Å². The zero-order valence-electron chi connectivity index (χ0n) is 17.9. The molecular weight excluding hydrogens is 466 g/mol. The largest absolute Gasteiger partial charge is 0.497 e. The van der Waals surface area contributed by atoms with E-state index < -0.39 is 0 Å². The average Bonchev–Trinajstić information content (AvgIpc) is 3.31. The van der Waals surface area contributed by atoms with Crippen molar-refractivity contribution in [2.24, 2.45) is 0 Å². The normalized spacial score (nSPS) is 13.5. The molecule has 33 heavy (non-hydrogen) atoms. The number of benzene rings is 2. The molecular formula is C23H22ClN3O5S. The first-order chi connectivity index (χ1) is 16.0. The Morgan fingerprint density at radius 2 is 1.88 bits per heavy atom. The summed E-state index contributed by atoms with van der Waals surface area (Å²) < 4.78 is 16.0. The highest BCUT2D eigenvalue weighted by Crippen LogP contribution is 2.33. The maximum Gasteiger partial charge on any atom is 0.260 e. The molecule has 0 atom stereocenters. The van der Waals surface area contributed by atoms with Gasteiger partial charge < -0.3 is 19.1 Å². The van der Waals surface area contributed by atoms with E-state index in [1.54, 1.807) is 48.4 Å². The van der Waals surface area contributed by atoms with Gasteiger partial charge >= 0.3 is 0 Å². The Bertz CT molecular complexity index is 1130. The highest BCUT2D eigenvalue weighted by atomic mass is 35.5. The van der Waals surface area contributed by atoms with Gasteiger partial charge in [0.15, 0.2) is 11.7 Å². The van der Waals surface area contributed by atoms with Crippen LogP contribution in [0.25, 0.3) is 11.3 Å². The monoisotopic (exact) mass is 487 g/mol. The molecule has 0 spiro atoms. The van der Waals surface area contributed by atoms with Crippen molar-refractivity contribution >= 4 is 39.9 Å². The Hall–Kier alpha value is -3.14. The van der Waals surface area contributed by atoms with Gasteiger partial charge in [0, 0.05) is 29.6 Å². The molecule has 1 aliphatic heterocycles. The molecule has 0 saturated carbocycles. The molecule has 1 saturated heterocycles. The third-order valence-electron chi connectivity index (χ3n) is 5.02. The zero-order chi connectivity index (χ0) is 23.2. The summed E-state index contributed by atoms with van der Waals surface area (Å²) in [4.78, 5) is 30.9. The van der Waals surface area contributed by atoms with Gasteiger partial charge in [0.2, 0.25) is 0 Å². The van der Waals surface area contributed by atoms with E-state index in [4.69, 9.17) is 25.8 Å². The smallest absolute Gasteiger partial charge is 0.260 e. The van der Waals surface area contributed by atoms with Gasteiger partial charge in [-0.05, 0) is 42.5 Å². The molecule has 2 amide bonds. The molecule has 8 nitrogen and oxygen atoms in total. The number of nitrogens with one attached hydrogen (secondary N) is 1. The van der Waals surface area contributed by atoms with Crippen molar-refractivity contribution in [3.8, 4) is 22.8 Å². The number of carbonyl (C=O) groups is 2. The van der Waals surface area contributed by atoms with Crippen molar-refractivity contribution in [1.29, 1.82) is 0 Å². The number of carbonyl (C=O) groups excluding carboxylic acids is 2. The summed E-state index contributed by atoms with van der Waals surface area (Å²) in [6, 6.07) is 11.9. The van der Waals surface area contributed by atoms with Crippen molar-refractivity contribution in [3.05, 3.63) is 58.4 Å². The van der Waals surface area contributed by atoms with Crippen LogP contribution in [-0.4, -0.2) is 61.7 Å². The molecule has 1 fully saturated rings. The molecule has 0 aliphatic carbocycles. The SMILES string of the molecule is COc1ccc(-c2csc(NC(=O)c3ccc(OCC(=O)N4CCOCC4)cc3)n2)c(Cl)c1. The summed E-state index contributed by atoms with van der Waals surface area (Å²) in [5, 5.41) is 5.59. The summed E-state index contributed by atoms with van der Waals surface area (Å²) in [5.41, 5.74) is 1.86. The van der Waals surface area contributed by atoms with Crippen molar-refractivity contribution in [3.63, 3.8) is 0 Å². The minimum atomic E-state index is -0.298. The first-order valence-corrected chi connectivity index (χ1v) is 11.5. The Kier molecular flexibility index (Phi) is 7.43. The number of rotatable bonds is 7. The predicted molar refractivity (Wildman–Crippen MR) is 126 cm³/mol. The molecule has 2 heterocycles. The van der Waals surface area contributed by atoms with Crippen LogP contribution in [0.4, 0.5) is 5.13 Å². The number of halogens is 1. The Balaban J connectivity index is 1.33. The van der Waals surface area contributed by atoms with Crippen LogP contribution < -0.4 is 14.8 Å². The number of ether oxygens (including phenoxy) is 3. The van der Waals surface area contributed by atoms with E-state index >= 15 is 0 Å². The molecule has 0 radical (unpaired) electrons. The zero-order valence-corrected chi connectivity index (χ0v) is 19.4. The van der Waals surface area contributed by atoms with Crippen LogP contribution in [0.1, 0.15) is 10.4 Å². The maximum atomic E-state index is 12.6. The number of morpholine rings is 1. The molecule has 1 aromatic heterocycles. The van der Waals surface area contributed by atoms with E-state index in [0.29, 0.717) is 59.2 Å². The molecule has 4 rings (SSSR count). The number of anilines is 1. The predicted octanol–water partition coefficient (Wildman–Crippen LogP) is 3.96. The molecule has 10 heteroatoms. The van der Waals surface area contributed by atoms with Gasteiger partial charge in [-0.25, -0.2) is 4.98 Å². The Labute approximate surface area is 200 Å². The number of hydrogen-bond donors (Lipinski definition) is 1.